The average Bonchev–Trinajstić information content (AvgIpc) is 2.12. The normalized spacial score (nSPS) is 8.00. The summed E-state index contributed by atoms with van der Waals surface area (Å²) in [6.45, 7) is 0. The van der Waals surface area contributed by atoms with Crippen LogP contribution >= 0.6 is 0 Å². The molecule has 1 rings (SSSR count). The first-order valence-corrected chi connectivity index (χ1v) is 2.10. The standard InChI is InChI=1S/C5H4NO2.Rb/c7-5(8)4-1-2-6-3-4;/h1-3H,(H,7,8);/q-1;+1. The van der Waals surface area contributed by atoms with Crippen molar-refractivity contribution in [2.45, 2.75) is 0 Å². The third kappa shape index (κ3) is 2.75. The Morgan fingerprint density at radius 3 is 2.56 bits per heavy atom. The van der Waals surface area contributed by atoms with Crippen LogP contribution in [-0.2, 0) is 0 Å². The Labute approximate surface area is 101 Å². The van der Waals surface area contributed by atoms with Crippen molar-refractivity contribution < 1.29 is 68.1 Å². The first kappa shape index (κ1) is 9.56. The van der Waals surface area contributed by atoms with Gasteiger partial charge >= 0.3 is 64.2 Å². The molecule has 0 unspecified atom stereocenters. The van der Waals surface area contributed by atoms with Crippen LogP contribution in [0.1, 0.15) is 10.4 Å². The quantitative estimate of drug-likeness (QED) is 0.533. The Bertz CT molecular complexity index is 183. The van der Waals surface area contributed by atoms with Crippen molar-refractivity contribution in [2.24, 2.45) is 0 Å². The van der Waals surface area contributed by atoms with Crippen molar-refractivity contribution in [1.29, 1.82) is 0 Å². The number of rotatable bonds is 1. The van der Waals surface area contributed by atoms with E-state index in [9.17, 15) is 4.79 Å². The van der Waals surface area contributed by atoms with Gasteiger partial charge in [-0.25, -0.2) is 4.79 Å². The van der Waals surface area contributed by atoms with Crippen LogP contribution in [-0.4, -0.2) is 11.1 Å². The van der Waals surface area contributed by atoms with Crippen molar-refractivity contribution in [2.75, 3.05) is 0 Å². The predicted molar refractivity (Wildman–Crippen MR) is 26.7 cm³/mol. The van der Waals surface area contributed by atoms with Crippen molar-refractivity contribution in [3.05, 3.63) is 24.0 Å². The van der Waals surface area contributed by atoms with Gasteiger partial charge < -0.3 is 10.1 Å². The van der Waals surface area contributed by atoms with Crippen molar-refractivity contribution in [1.82, 2.24) is 4.98 Å². The van der Waals surface area contributed by atoms with Crippen LogP contribution in [0.15, 0.2) is 18.5 Å². The zero-order chi connectivity index (χ0) is 5.98. The third-order valence-electron chi connectivity index (χ3n) is 0.801. The summed E-state index contributed by atoms with van der Waals surface area (Å²) in [5.41, 5.74) is 0.241. The summed E-state index contributed by atoms with van der Waals surface area (Å²) in [5.74, 6) is -0.928. The first-order chi connectivity index (χ1) is 3.80. The van der Waals surface area contributed by atoms with Crippen LogP contribution in [0, 0.1) is 0 Å². The summed E-state index contributed by atoms with van der Waals surface area (Å²) in [6, 6.07) is 1.45. The molecule has 0 spiro atoms. The molecule has 4 heteroatoms. The van der Waals surface area contributed by atoms with E-state index in [-0.39, 0.29) is 63.8 Å². The van der Waals surface area contributed by atoms with E-state index in [1.54, 1.807) is 0 Å². The Morgan fingerprint density at radius 1 is 1.67 bits per heavy atom. The van der Waals surface area contributed by atoms with E-state index in [1.807, 2.05) is 0 Å². The van der Waals surface area contributed by atoms with Crippen LogP contribution < -0.4 is 63.2 Å². The molecule has 0 atom stereocenters. The molecule has 1 N–H and O–H groups in total. The van der Waals surface area contributed by atoms with Gasteiger partial charge in [0.2, 0.25) is 0 Å². The fourth-order valence-corrected chi connectivity index (χ4v) is 0.416. The van der Waals surface area contributed by atoms with Crippen molar-refractivity contribution in [3.8, 4) is 0 Å². The second-order valence-corrected chi connectivity index (χ2v) is 1.35. The summed E-state index contributed by atoms with van der Waals surface area (Å²) in [5, 5.41) is 8.23. The van der Waals surface area contributed by atoms with Gasteiger partial charge in [0.05, 0.1) is 0 Å². The molecule has 42 valence electrons. The Kier molecular flexibility index (Phi) is 4.65. The molecular weight excluding hydrogens is 192 g/mol. The zero-order valence-corrected chi connectivity index (χ0v) is 9.95. The van der Waals surface area contributed by atoms with E-state index >= 15 is 0 Å². The molecule has 0 amide bonds. The first-order valence-electron chi connectivity index (χ1n) is 2.10. The topological polar surface area (TPSA) is 51.4 Å². The number of aromatic carboxylic acids is 1. The molecule has 0 radical (unpaired) electrons. The zero-order valence-electron chi connectivity index (χ0n) is 5.03. The monoisotopic (exact) mass is 195 g/mol. The molecule has 1 aromatic heterocycles. The molecular formula is C5H4NO2Rb. The second-order valence-electron chi connectivity index (χ2n) is 1.35. The molecule has 0 saturated carbocycles. The average molecular weight is 196 g/mol. The number of carboxylic acid groups (broad SMARTS) is 1. The summed E-state index contributed by atoms with van der Waals surface area (Å²) in [6.07, 6.45) is 2.76. The van der Waals surface area contributed by atoms with Gasteiger partial charge in [-0.15, -0.1) is 0 Å². The van der Waals surface area contributed by atoms with E-state index in [2.05, 4.69) is 4.98 Å². The smallest absolute Gasteiger partial charge is 0.670 e. The predicted octanol–water partition coefficient (Wildman–Crippen LogP) is -2.65. The maximum atomic E-state index is 10.0. The van der Waals surface area contributed by atoms with Gasteiger partial charge in [-0.05, 0) is 0 Å². The maximum Gasteiger partial charge on any atom is 1.00 e. The number of aromatic nitrogens is 1. The molecule has 0 fully saturated rings. The summed E-state index contributed by atoms with van der Waals surface area (Å²) in [7, 11) is 0. The molecule has 3 nitrogen and oxygen atoms in total. The minimum absolute atomic E-state index is 0. The van der Waals surface area contributed by atoms with Crippen LogP contribution in [0.2, 0.25) is 0 Å². The third-order valence-corrected chi connectivity index (χ3v) is 0.801. The second kappa shape index (κ2) is 4.38. The molecule has 0 bridgehead atoms. The molecule has 1 aromatic rings. The van der Waals surface area contributed by atoms with Gasteiger partial charge in [0.15, 0.2) is 0 Å². The fourth-order valence-electron chi connectivity index (χ4n) is 0.416. The van der Waals surface area contributed by atoms with E-state index in [4.69, 9.17) is 5.11 Å². The maximum absolute atomic E-state index is 10.0. The Balaban J connectivity index is 0.000000640. The Morgan fingerprint density at radius 2 is 2.33 bits per heavy atom. The van der Waals surface area contributed by atoms with Crippen LogP contribution in [0.4, 0.5) is 0 Å². The number of carbonyl (C=O) groups is 1. The fraction of sp³-hybridized carbons (Fsp3) is 0. The van der Waals surface area contributed by atoms with Gasteiger partial charge in [0, 0.05) is 5.56 Å². The van der Waals surface area contributed by atoms with Gasteiger partial charge in [0.25, 0.3) is 0 Å². The molecule has 0 aliphatic carbocycles. The van der Waals surface area contributed by atoms with Crippen LogP contribution in [0.3, 0.4) is 0 Å². The minimum atomic E-state index is -0.928. The number of hydrogen-bond donors (Lipinski definition) is 1. The summed E-state index contributed by atoms with van der Waals surface area (Å²) < 4.78 is 0. The molecule has 0 aliphatic rings. The molecule has 9 heavy (non-hydrogen) atoms. The molecule has 1 heterocycles. The van der Waals surface area contributed by atoms with Crippen molar-refractivity contribution >= 4 is 5.97 Å². The van der Waals surface area contributed by atoms with E-state index in [0.29, 0.717) is 0 Å². The van der Waals surface area contributed by atoms with Crippen molar-refractivity contribution in [3.63, 3.8) is 0 Å². The van der Waals surface area contributed by atoms with Gasteiger partial charge in [-0.1, -0.05) is 6.07 Å². The molecule has 0 aliphatic heterocycles. The van der Waals surface area contributed by atoms with E-state index < -0.39 is 5.97 Å². The minimum Gasteiger partial charge on any atom is -0.670 e. The Hall–Kier alpha value is 0.555. The van der Waals surface area contributed by atoms with Gasteiger partial charge in [-0.3, -0.25) is 0 Å². The molecule has 0 saturated heterocycles. The summed E-state index contributed by atoms with van der Waals surface area (Å²) in [4.78, 5) is 13.6. The van der Waals surface area contributed by atoms with Gasteiger partial charge in [-0.2, -0.15) is 12.4 Å². The van der Waals surface area contributed by atoms with Crippen LogP contribution in [0.5, 0.6) is 0 Å². The SMILES string of the molecule is O=C(O)c1cc[n-]c1.[Rb+]. The largest absolute Gasteiger partial charge is 1.00 e. The van der Waals surface area contributed by atoms with E-state index in [0.717, 1.165) is 0 Å². The van der Waals surface area contributed by atoms with Gasteiger partial charge in [0.1, 0.15) is 0 Å². The molecule has 0 aromatic carbocycles. The number of nitrogens with zero attached hydrogens (tertiary/aromatic N) is 1. The number of hydrogen-bond acceptors (Lipinski definition) is 1. The summed E-state index contributed by atoms with van der Waals surface area (Å²) >= 11 is 0. The number of carboxylic acids is 1. The van der Waals surface area contributed by atoms with E-state index in [1.165, 1.54) is 18.5 Å². The van der Waals surface area contributed by atoms with Crippen LogP contribution in [0.25, 0.3) is 0 Å².